The number of pyridine rings is 1. The second-order valence-corrected chi connectivity index (χ2v) is 3.72. The van der Waals surface area contributed by atoms with Gasteiger partial charge in [-0.05, 0) is 31.9 Å². The molecule has 16 heavy (non-hydrogen) atoms. The molecule has 1 aromatic rings. The molecule has 5 nitrogen and oxygen atoms in total. The smallest absolute Gasteiger partial charge is 0.267 e. The second kappa shape index (κ2) is 4.74. The molecule has 1 aromatic heterocycles. The van der Waals surface area contributed by atoms with Crippen molar-refractivity contribution in [2.45, 2.75) is 19.8 Å². The minimum absolute atomic E-state index is 0.0844. The lowest BCUT2D eigenvalue weighted by Gasteiger charge is -2.13. The Labute approximate surface area is 94.0 Å². The fourth-order valence-electron chi connectivity index (χ4n) is 1.45. The summed E-state index contributed by atoms with van der Waals surface area (Å²) < 4.78 is 0. The molecule has 2 heterocycles. The zero-order valence-electron chi connectivity index (χ0n) is 9.16. The Morgan fingerprint density at radius 3 is 3.06 bits per heavy atom. The van der Waals surface area contributed by atoms with Crippen molar-refractivity contribution in [1.29, 1.82) is 0 Å². The summed E-state index contributed by atoms with van der Waals surface area (Å²) in [5, 5.41) is 6.83. The summed E-state index contributed by atoms with van der Waals surface area (Å²) in [4.78, 5) is 15.5. The number of aromatic nitrogens is 1. The van der Waals surface area contributed by atoms with Crippen molar-refractivity contribution in [3.8, 4) is 0 Å². The van der Waals surface area contributed by atoms with Crippen LogP contribution in [0.25, 0.3) is 0 Å². The van der Waals surface area contributed by atoms with Crippen molar-refractivity contribution in [2.75, 3.05) is 12.0 Å². The van der Waals surface area contributed by atoms with E-state index in [2.05, 4.69) is 20.8 Å². The van der Waals surface area contributed by atoms with E-state index >= 15 is 0 Å². The van der Waals surface area contributed by atoms with Crippen LogP contribution in [0.3, 0.4) is 0 Å². The molecule has 2 N–H and O–H groups in total. The van der Waals surface area contributed by atoms with E-state index in [-0.39, 0.29) is 5.91 Å². The van der Waals surface area contributed by atoms with Gasteiger partial charge in [-0.25, -0.2) is 0 Å². The van der Waals surface area contributed by atoms with Gasteiger partial charge in [-0.3, -0.25) is 15.2 Å². The Bertz CT molecular complexity index is 410. The number of nitrogens with zero attached hydrogens (tertiary/aromatic N) is 2. The number of piperidine rings is 1. The minimum Gasteiger partial charge on any atom is -0.351 e. The molecule has 1 saturated heterocycles. The molecule has 1 aliphatic heterocycles. The SMILES string of the molecule is Cc1ccc(N/N=C2/CCCNC2=O)cn1. The zero-order valence-corrected chi connectivity index (χ0v) is 9.16. The molecule has 5 heteroatoms. The molecule has 0 spiro atoms. The fraction of sp³-hybridized carbons (Fsp3) is 0.364. The van der Waals surface area contributed by atoms with E-state index in [1.807, 2.05) is 19.1 Å². The molecule has 1 amide bonds. The third kappa shape index (κ3) is 2.56. The van der Waals surface area contributed by atoms with Gasteiger partial charge in [0.2, 0.25) is 0 Å². The Balaban J connectivity index is 2.02. The fourth-order valence-corrected chi connectivity index (χ4v) is 1.45. The van der Waals surface area contributed by atoms with E-state index in [0.717, 1.165) is 30.8 Å². The number of carbonyl (C=O) groups excluding carboxylic acids is 1. The highest BCUT2D eigenvalue weighted by Gasteiger charge is 2.15. The van der Waals surface area contributed by atoms with Crippen molar-refractivity contribution in [2.24, 2.45) is 5.10 Å². The molecular formula is C11H14N4O. The molecule has 1 fully saturated rings. The van der Waals surface area contributed by atoms with Gasteiger partial charge in [-0.2, -0.15) is 5.10 Å². The van der Waals surface area contributed by atoms with Crippen molar-refractivity contribution >= 4 is 17.3 Å². The number of hydrazone groups is 1. The normalized spacial score (nSPS) is 18.3. The molecule has 0 aromatic carbocycles. The molecule has 0 bridgehead atoms. The van der Waals surface area contributed by atoms with Crippen LogP contribution in [0.4, 0.5) is 5.69 Å². The van der Waals surface area contributed by atoms with Gasteiger partial charge in [0.05, 0.1) is 11.9 Å². The highest BCUT2D eigenvalue weighted by molar-refractivity contribution is 6.39. The summed E-state index contributed by atoms with van der Waals surface area (Å²) in [6.07, 6.45) is 3.36. The molecule has 84 valence electrons. The average Bonchev–Trinajstić information content (AvgIpc) is 2.30. The quantitative estimate of drug-likeness (QED) is 0.730. The van der Waals surface area contributed by atoms with Crippen LogP contribution >= 0.6 is 0 Å². The van der Waals surface area contributed by atoms with Crippen molar-refractivity contribution in [3.05, 3.63) is 24.0 Å². The van der Waals surface area contributed by atoms with Gasteiger partial charge in [0.25, 0.3) is 5.91 Å². The molecule has 0 aliphatic carbocycles. The predicted molar refractivity (Wildman–Crippen MR) is 62.3 cm³/mol. The predicted octanol–water partition coefficient (Wildman–Crippen LogP) is 1.07. The summed E-state index contributed by atoms with van der Waals surface area (Å²) in [6.45, 7) is 2.66. The maximum absolute atomic E-state index is 11.4. The van der Waals surface area contributed by atoms with Gasteiger partial charge in [-0.1, -0.05) is 0 Å². The first kappa shape index (κ1) is 10.6. The van der Waals surface area contributed by atoms with E-state index in [1.54, 1.807) is 6.20 Å². The van der Waals surface area contributed by atoms with Gasteiger partial charge >= 0.3 is 0 Å². The maximum atomic E-state index is 11.4. The highest BCUT2D eigenvalue weighted by Crippen LogP contribution is 2.06. The molecule has 0 unspecified atom stereocenters. The van der Waals surface area contributed by atoms with Gasteiger partial charge in [-0.15, -0.1) is 0 Å². The van der Waals surface area contributed by atoms with E-state index in [0.29, 0.717) is 5.71 Å². The monoisotopic (exact) mass is 218 g/mol. The van der Waals surface area contributed by atoms with Crippen molar-refractivity contribution in [1.82, 2.24) is 10.3 Å². The number of hydrogen-bond donors (Lipinski definition) is 2. The molecule has 0 radical (unpaired) electrons. The topological polar surface area (TPSA) is 66.4 Å². The van der Waals surface area contributed by atoms with E-state index in [4.69, 9.17) is 0 Å². The summed E-state index contributed by atoms with van der Waals surface area (Å²) in [7, 11) is 0. The van der Waals surface area contributed by atoms with Gasteiger partial charge < -0.3 is 5.32 Å². The van der Waals surface area contributed by atoms with Crippen LogP contribution in [0, 0.1) is 6.92 Å². The van der Waals surface area contributed by atoms with Crippen molar-refractivity contribution in [3.63, 3.8) is 0 Å². The molecule has 2 rings (SSSR count). The van der Waals surface area contributed by atoms with Crippen LogP contribution in [0.2, 0.25) is 0 Å². The van der Waals surface area contributed by atoms with Crippen LogP contribution in [0.1, 0.15) is 18.5 Å². The number of nitrogens with one attached hydrogen (secondary N) is 2. The maximum Gasteiger partial charge on any atom is 0.267 e. The summed E-state index contributed by atoms with van der Waals surface area (Å²) >= 11 is 0. The largest absolute Gasteiger partial charge is 0.351 e. The molecule has 0 saturated carbocycles. The third-order valence-corrected chi connectivity index (χ3v) is 2.37. The van der Waals surface area contributed by atoms with E-state index < -0.39 is 0 Å². The van der Waals surface area contributed by atoms with Gasteiger partial charge in [0.15, 0.2) is 0 Å². The second-order valence-electron chi connectivity index (χ2n) is 3.72. The Hall–Kier alpha value is -1.91. The van der Waals surface area contributed by atoms with Gasteiger partial charge in [0.1, 0.15) is 5.71 Å². The summed E-state index contributed by atoms with van der Waals surface area (Å²) in [5.74, 6) is -0.0844. The Morgan fingerprint density at radius 1 is 1.50 bits per heavy atom. The first-order valence-corrected chi connectivity index (χ1v) is 5.29. The number of rotatable bonds is 2. The number of aryl methyl sites for hydroxylation is 1. The van der Waals surface area contributed by atoms with Gasteiger partial charge in [0, 0.05) is 12.2 Å². The summed E-state index contributed by atoms with van der Waals surface area (Å²) in [6, 6.07) is 3.77. The number of anilines is 1. The summed E-state index contributed by atoms with van der Waals surface area (Å²) in [5.41, 5.74) is 5.13. The lowest BCUT2D eigenvalue weighted by atomic mass is 10.1. The third-order valence-electron chi connectivity index (χ3n) is 2.37. The van der Waals surface area contributed by atoms with E-state index in [1.165, 1.54) is 0 Å². The van der Waals surface area contributed by atoms with Crippen LogP contribution in [-0.2, 0) is 4.79 Å². The number of carbonyl (C=O) groups is 1. The Morgan fingerprint density at radius 2 is 2.38 bits per heavy atom. The number of hydrogen-bond acceptors (Lipinski definition) is 4. The molecular weight excluding hydrogens is 204 g/mol. The first-order valence-electron chi connectivity index (χ1n) is 5.29. The van der Waals surface area contributed by atoms with Crippen LogP contribution in [-0.4, -0.2) is 23.1 Å². The van der Waals surface area contributed by atoms with Crippen LogP contribution in [0.15, 0.2) is 23.4 Å². The van der Waals surface area contributed by atoms with Crippen molar-refractivity contribution < 1.29 is 4.79 Å². The Kier molecular flexibility index (Phi) is 3.14. The minimum atomic E-state index is -0.0844. The molecule has 0 atom stereocenters. The molecule has 1 aliphatic rings. The average molecular weight is 218 g/mol. The lowest BCUT2D eigenvalue weighted by Crippen LogP contribution is -2.37. The zero-order chi connectivity index (χ0) is 11.4. The number of amides is 1. The van der Waals surface area contributed by atoms with Crippen LogP contribution < -0.4 is 10.7 Å². The highest BCUT2D eigenvalue weighted by atomic mass is 16.2. The first-order chi connectivity index (χ1) is 7.75. The standard InChI is InChI=1S/C11H14N4O/c1-8-4-5-9(7-13-8)14-15-10-3-2-6-12-11(10)16/h4-5,7,14H,2-3,6H2,1H3,(H,12,16)/b15-10-. The van der Waals surface area contributed by atoms with Crippen LogP contribution in [0.5, 0.6) is 0 Å². The van der Waals surface area contributed by atoms with E-state index in [9.17, 15) is 4.79 Å². The lowest BCUT2D eigenvalue weighted by molar-refractivity contribution is -0.115.